The third kappa shape index (κ3) is 3.34. The molecule has 0 saturated carbocycles. The van der Waals surface area contributed by atoms with Crippen LogP contribution >= 0.6 is 11.8 Å². The lowest BCUT2D eigenvalue weighted by molar-refractivity contribution is -0.122. The number of hydrogen-bond acceptors (Lipinski definition) is 6. The van der Waals surface area contributed by atoms with Crippen LogP contribution in [0.4, 0.5) is 4.79 Å². The van der Waals surface area contributed by atoms with Crippen molar-refractivity contribution in [1.82, 2.24) is 4.90 Å². The van der Waals surface area contributed by atoms with Gasteiger partial charge in [-0.25, -0.2) is 0 Å². The Labute approximate surface area is 138 Å². The van der Waals surface area contributed by atoms with Crippen LogP contribution in [0.2, 0.25) is 0 Å². The van der Waals surface area contributed by atoms with Crippen molar-refractivity contribution in [2.45, 2.75) is 0 Å². The zero-order valence-corrected chi connectivity index (χ0v) is 13.9. The molecule has 1 heterocycles. The number of nitrogens with zero attached hydrogens (tertiary/aromatic N) is 1. The Hall–Kier alpha value is -2.41. The molecule has 0 bridgehead atoms. The van der Waals surface area contributed by atoms with Gasteiger partial charge in [0, 0.05) is 18.7 Å². The van der Waals surface area contributed by atoms with E-state index in [4.69, 9.17) is 14.2 Å². The number of rotatable bonds is 6. The first-order chi connectivity index (χ1) is 11.0. The van der Waals surface area contributed by atoms with E-state index in [1.54, 1.807) is 18.2 Å². The normalized spacial score (nSPS) is 16.0. The summed E-state index contributed by atoms with van der Waals surface area (Å²) < 4.78 is 15.9. The van der Waals surface area contributed by atoms with Gasteiger partial charge in [-0.05, 0) is 17.8 Å². The predicted molar refractivity (Wildman–Crippen MR) is 89.0 cm³/mol. The van der Waals surface area contributed by atoms with E-state index in [2.05, 4.69) is 6.58 Å². The third-order valence-electron chi connectivity index (χ3n) is 3.21. The smallest absolute Gasteiger partial charge is 0.293 e. The monoisotopic (exact) mass is 335 g/mol. The number of hydrogen-bond donors (Lipinski definition) is 0. The second-order valence-corrected chi connectivity index (χ2v) is 5.52. The van der Waals surface area contributed by atoms with Gasteiger partial charge in [0.25, 0.3) is 11.1 Å². The van der Waals surface area contributed by atoms with Crippen molar-refractivity contribution in [3.8, 4) is 17.2 Å². The molecule has 0 N–H and O–H groups in total. The lowest BCUT2D eigenvalue weighted by Crippen LogP contribution is -2.27. The summed E-state index contributed by atoms with van der Waals surface area (Å²) in [5, 5.41) is -0.326. The maximum atomic E-state index is 12.3. The molecule has 23 heavy (non-hydrogen) atoms. The van der Waals surface area contributed by atoms with Gasteiger partial charge in [-0.2, -0.15) is 0 Å². The van der Waals surface area contributed by atoms with E-state index < -0.39 is 0 Å². The quantitative estimate of drug-likeness (QED) is 0.588. The minimum atomic E-state index is -0.361. The van der Waals surface area contributed by atoms with Crippen LogP contribution in [0.25, 0.3) is 6.08 Å². The molecule has 1 aliphatic heterocycles. The summed E-state index contributed by atoms with van der Waals surface area (Å²) in [7, 11) is 4.55. The third-order valence-corrected chi connectivity index (χ3v) is 4.12. The Bertz CT molecular complexity index is 658. The largest absolute Gasteiger partial charge is 0.496 e. The molecular formula is C16H17NO5S. The van der Waals surface area contributed by atoms with E-state index in [-0.39, 0.29) is 17.7 Å². The first kappa shape index (κ1) is 17.0. The van der Waals surface area contributed by atoms with Gasteiger partial charge in [0.05, 0.1) is 31.8 Å². The highest BCUT2D eigenvalue weighted by atomic mass is 32.2. The molecule has 6 nitrogen and oxygen atoms in total. The van der Waals surface area contributed by atoms with Gasteiger partial charge in [-0.3, -0.25) is 14.5 Å². The first-order valence-electron chi connectivity index (χ1n) is 6.72. The maximum absolute atomic E-state index is 12.3. The van der Waals surface area contributed by atoms with Gasteiger partial charge in [-0.1, -0.05) is 6.08 Å². The van der Waals surface area contributed by atoms with Crippen molar-refractivity contribution in [2.75, 3.05) is 27.9 Å². The lowest BCUT2D eigenvalue weighted by atomic mass is 10.1. The topological polar surface area (TPSA) is 65.1 Å². The first-order valence-corrected chi connectivity index (χ1v) is 7.53. The standard InChI is InChI=1S/C16H17NO5S/c1-5-6-17-15(18)14(23-16(17)19)9-11-12(21-3)7-10(20-2)8-13(11)22-4/h5,7-9H,1,6H2,2-4H3/b14-9+. The van der Waals surface area contributed by atoms with Gasteiger partial charge >= 0.3 is 0 Å². The Kier molecular flexibility index (Phi) is 5.33. The number of amides is 2. The molecule has 0 aromatic heterocycles. The van der Waals surface area contributed by atoms with Crippen molar-refractivity contribution in [3.05, 3.63) is 35.3 Å². The molecule has 0 unspecified atom stereocenters. The van der Waals surface area contributed by atoms with Crippen molar-refractivity contribution in [1.29, 1.82) is 0 Å². The van der Waals surface area contributed by atoms with Crippen LogP contribution in [0, 0.1) is 0 Å². The van der Waals surface area contributed by atoms with Crippen LogP contribution in [0.15, 0.2) is 29.7 Å². The number of benzene rings is 1. The van der Waals surface area contributed by atoms with Crippen molar-refractivity contribution in [3.63, 3.8) is 0 Å². The lowest BCUT2D eigenvalue weighted by Gasteiger charge is -2.13. The highest BCUT2D eigenvalue weighted by molar-refractivity contribution is 8.18. The van der Waals surface area contributed by atoms with Crippen LogP contribution in [-0.4, -0.2) is 43.9 Å². The summed E-state index contributed by atoms with van der Waals surface area (Å²) in [4.78, 5) is 25.6. The second-order valence-electron chi connectivity index (χ2n) is 4.53. The Morgan fingerprint density at radius 1 is 1.13 bits per heavy atom. The fourth-order valence-electron chi connectivity index (χ4n) is 2.09. The second kappa shape index (κ2) is 7.23. The van der Waals surface area contributed by atoms with Gasteiger partial charge in [0.1, 0.15) is 17.2 Å². The molecule has 0 atom stereocenters. The molecule has 1 aliphatic rings. The van der Waals surface area contributed by atoms with E-state index in [9.17, 15) is 9.59 Å². The number of carbonyl (C=O) groups is 2. The molecule has 0 spiro atoms. The Morgan fingerprint density at radius 3 is 2.22 bits per heavy atom. The number of carbonyl (C=O) groups excluding carboxylic acids is 2. The summed E-state index contributed by atoms with van der Waals surface area (Å²) in [6.07, 6.45) is 3.10. The Balaban J connectivity index is 2.48. The van der Waals surface area contributed by atoms with E-state index >= 15 is 0 Å². The van der Waals surface area contributed by atoms with Crippen LogP contribution in [0.5, 0.6) is 17.2 Å². The van der Waals surface area contributed by atoms with Gasteiger partial charge < -0.3 is 14.2 Å². The van der Waals surface area contributed by atoms with Gasteiger partial charge in [0.15, 0.2) is 0 Å². The molecule has 7 heteroatoms. The predicted octanol–water partition coefficient (Wildman–Crippen LogP) is 2.93. The van der Waals surface area contributed by atoms with Crippen LogP contribution in [0.1, 0.15) is 5.56 Å². The summed E-state index contributed by atoms with van der Waals surface area (Å²) in [5.41, 5.74) is 0.569. The van der Waals surface area contributed by atoms with Crippen LogP contribution in [-0.2, 0) is 4.79 Å². The molecule has 0 radical (unpaired) electrons. The van der Waals surface area contributed by atoms with Crippen molar-refractivity contribution < 1.29 is 23.8 Å². The molecule has 0 aliphatic carbocycles. The zero-order chi connectivity index (χ0) is 17.0. The summed E-state index contributed by atoms with van der Waals surface area (Å²) in [6, 6.07) is 3.37. The number of thioether (sulfide) groups is 1. The van der Waals surface area contributed by atoms with Crippen molar-refractivity contribution in [2.24, 2.45) is 0 Å². The fourth-order valence-corrected chi connectivity index (χ4v) is 2.92. The average Bonchev–Trinajstić information content (AvgIpc) is 2.82. The van der Waals surface area contributed by atoms with Gasteiger partial charge in [0.2, 0.25) is 0 Å². The molecular weight excluding hydrogens is 318 g/mol. The van der Waals surface area contributed by atoms with Crippen LogP contribution < -0.4 is 14.2 Å². The highest BCUT2D eigenvalue weighted by Crippen LogP contribution is 2.39. The number of imide groups is 1. The number of methoxy groups -OCH3 is 3. The van der Waals surface area contributed by atoms with E-state index in [0.717, 1.165) is 16.7 Å². The van der Waals surface area contributed by atoms with E-state index in [1.165, 1.54) is 27.4 Å². The zero-order valence-electron chi connectivity index (χ0n) is 13.1. The average molecular weight is 335 g/mol. The molecule has 2 rings (SSSR count). The van der Waals surface area contributed by atoms with Crippen molar-refractivity contribution >= 4 is 29.0 Å². The molecule has 1 fully saturated rings. The van der Waals surface area contributed by atoms with E-state index in [1.807, 2.05) is 0 Å². The molecule has 1 saturated heterocycles. The molecule has 1 aromatic carbocycles. The Morgan fingerprint density at radius 2 is 1.74 bits per heavy atom. The molecule has 2 amide bonds. The maximum Gasteiger partial charge on any atom is 0.293 e. The SMILES string of the molecule is C=CCN1C(=O)S/C(=C/c2c(OC)cc(OC)cc2OC)C1=O. The van der Waals surface area contributed by atoms with Crippen LogP contribution in [0.3, 0.4) is 0 Å². The van der Waals surface area contributed by atoms with E-state index in [0.29, 0.717) is 27.7 Å². The molecule has 122 valence electrons. The highest BCUT2D eigenvalue weighted by Gasteiger charge is 2.34. The summed E-state index contributed by atoms with van der Waals surface area (Å²) >= 11 is 0.873. The minimum Gasteiger partial charge on any atom is -0.496 e. The fraction of sp³-hybridized carbons (Fsp3) is 0.250. The molecule has 1 aromatic rings. The minimum absolute atomic E-state index is 0.179. The summed E-state index contributed by atoms with van der Waals surface area (Å²) in [5.74, 6) is 1.17. The van der Waals surface area contributed by atoms with Gasteiger partial charge in [-0.15, -0.1) is 6.58 Å². The summed E-state index contributed by atoms with van der Waals surface area (Å²) in [6.45, 7) is 3.73. The number of ether oxygens (including phenoxy) is 3.